The first-order valence-electron chi connectivity index (χ1n) is 8.03. The average Bonchev–Trinajstić information content (AvgIpc) is 2.64. The summed E-state index contributed by atoms with van der Waals surface area (Å²) >= 11 is 5.45. The summed E-state index contributed by atoms with van der Waals surface area (Å²) in [5.41, 5.74) is 4.55. The topological polar surface area (TPSA) is 76.9 Å². The first-order chi connectivity index (χ1) is 12.1. The number of para-hydroxylation sites is 1. The van der Waals surface area contributed by atoms with E-state index in [1.165, 1.54) is 0 Å². The summed E-state index contributed by atoms with van der Waals surface area (Å²) in [6, 6.07) is 10.5. The third-order valence-electron chi connectivity index (χ3n) is 4.03. The van der Waals surface area contributed by atoms with Crippen molar-refractivity contribution >= 4 is 23.0 Å². The minimum absolute atomic E-state index is 0.124. The summed E-state index contributed by atoms with van der Waals surface area (Å²) in [5, 5.41) is 23.2. The van der Waals surface area contributed by atoms with Crippen molar-refractivity contribution in [2.45, 2.75) is 0 Å². The van der Waals surface area contributed by atoms with Crippen LogP contribution in [0.5, 0.6) is 5.75 Å². The summed E-state index contributed by atoms with van der Waals surface area (Å²) in [4.78, 5) is 4.34. The van der Waals surface area contributed by atoms with Crippen molar-refractivity contribution in [1.29, 1.82) is 0 Å². The van der Waals surface area contributed by atoms with E-state index in [1.54, 1.807) is 36.5 Å². The van der Waals surface area contributed by atoms with Crippen LogP contribution in [0.1, 0.15) is 11.3 Å². The van der Waals surface area contributed by atoms with Gasteiger partial charge in [-0.3, -0.25) is 5.43 Å². The van der Waals surface area contributed by atoms with Crippen LogP contribution in [-0.2, 0) is 0 Å². The molecular formula is C17H20N6OS. The van der Waals surface area contributed by atoms with Crippen molar-refractivity contribution < 1.29 is 5.11 Å². The fourth-order valence-electron chi connectivity index (χ4n) is 2.54. The molecule has 2 aromatic rings. The van der Waals surface area contributed by atoms with E-state index in [-0.39, 0.29) is 5.75 Å². The molecule has 0 atom stereocenters. The molecule has 1 aromatic carbocycles. The molecule has 0 amide bonds. The molecule has 0 saturated carbocycles. The van der Waals surface area contributed by atoms with Crippen LogP contribution in [0.2, 0.25) is 0 Å². The number of rotatable bonds is 3. The molecule has 8 heteroatoms. The molecule has 2 heterocycles. The number of thiocarbonyl (C=S) groups is 1. The summed E-state index contributed by atoms with van der Waals surface area (Å²) in [7, 11) is 2.09. The summed E-state index contributed by atoms with van der Waals surface area (Å²) in [5.74, 6) is 0.124. The van der Waals surface area contributed by atoms with Crippen molar-refractivity contribution in [2.75, 3.05) is 33.2 Å². The standard InChI is InChI=1S/C17H20N6OS/c1-22-9-11-23(12-10-22)17(25)21-20-16(14-6-4-8-18-19-14)13-5-2-3-7-15(13)24/h2-8,24H,9-12H2,1H3,(H,21,25)/b20-16-. The molecule has 1 aliphatic rings. The normalized spacial score (nSPS) is 15.9. The molecule has 25 heavy (non-hydrogen) atoms. The highest BCUT2D eigenvalue weighted by Gasteiger charge is 2.17. The fourth-order valence-corrected chi connectivity index (χ4v) is 2.77. The lowest BCUT2D eigenvalue weighted by atomic mass is 10.1. The number of phenols is 1. The predicted octanol–water partition coefficient (Wildman–Crippen LogP) is 1.06. The first-order valence-corrected chi connectivity index (χ1v) is 8.43. The minimum Gasteiger partial charge on any atom is -0.507 e. The van der Waals surface area contributed by atoms with E-state index >= 15 is 0 Å². The molecule has 0 bridgehead atoms. The van der Waals surface area contributed by atoms with Crippen LogP contribution in [0.25, 0.3) is 0 Å². The third-order valence-corrected chi connectivity index (χ3v) is 4.38. The lowest BCUT2D eigenvalue weighted by Crippen LogP contribution is -2.49. The van der Waals surface area contributed by atoms with Crippen molar-refractivity contribution in [2.24, 2.45) is 5.10 Å². The predicted molar refractivity (Wildman–Crippen MR) is 101 cm³/mol. The fraction of sp³-hybridized carbons (Fsp3) is 0.294. The van der Waals surface area contributed by atoms with Gasteiger partial charge in [-0.1, -0.05) is 12.1 Å². The summed E-state index contributed by atoms with van der Waals surface area (Å²) < 4.78 is 0. The Labute approximate surface area is 152 Å². The van der Waals surface area contributed by atoms with E-state index in [0.717, 1.165) is 26.2 Å². The number of nitrogens with zero attached hydrogens (tertiary/aromatic N) is 5. The first kappa shape index (κ1) is 17.2. The van der Waals surface area contributed by atoms with Gasteiger partial charge in [-0.2, -0.15) is 10.2 Å². The van der Waals surface area contributed by atoms with Crippen molar-refractivity contribution in [1.82, 2.24) is 25.4 Å². The van der Waals surface area contributed by atoms with Gasteiger partial charge < -0.3 is 14.9 Å². The Morgan fingerprint density at radius 1 is 1.16 bits per heavy atom. The zero-order valence-corrected chi connectivity index (χ0v) is 14.8. The zero-order valence-electron chi connectivity index (χ0n) is 14.0. The smallest absolute Gasteiger partial charge is 0.189 e. The number of hydrogen-bond acceptors (Lipinski definition) is 6. The number of nitrogens with one attached hydrogen (secondary N) is 1. The van der Waals surface area contributed by atoms with E-state index < -0.39 is 0 Å². The van der Waals surface area contributed by atoms with Gasteiger partial charge in [0, 0.05) is 37.9 Å². The number of piperazine rings is 1. The molecule has 1 aromatic heterocycles. The number of phenolic OH excluding ortho intramolecular Hbond substituents is 1. The quantitative estimate of drug-likeness (QED) is 0.484. The highest BCUT2D eigenvalue weighted by molar-refractivity contribution is 7.80. The van der Waals surface area contributed by atoms with Crippen LogP contribution in [0.3, 0.4) is 0 Å². The number of aromatic nitrogens is 2. The Morgan fingerprint density at radius 3 is 2.60 bits per heavy atom. The SMILES string of the molecule is CN1CCN(C(=S)N/N=C(\c2cccnn2)c2ccccc2O)CC1. The lowest BCUT2D eigenvalue weighted by molar-refractivity contribution is 0.214. The van der Waals surface area contributed by atoms with Crippen molar-refractivity contribution in [3.8, 4) is 5.75 Å². The Kier molecular flexibility index (Phi) is 5.52. The van der Waals surface area contributed by atoms with Crippen LogP contribution in [0, 0.1) is 0 Å². The van der Waals surface area contributed by atoms with E-state index in [2.05, 4.69) is 37.6 Å². The second-order valence-electron chi connectivity index (χ2n) is 5.79. The van der Waals surface area contributed by atoms with Gasteiger partial charge in [0.25, 0.3) is 0 Å². The van der Waals surface area contributed by atoms with Gasteiger partial charge in [0.15, 0.2) is 5.11 Å². The van der Waals surface area contributed by atoms with Crippen molar-refractivity contribution in [3.63, 3.8) is 0 Å². The maximum Gasteiger partial charge on any atom is 0.189 e. The van der Waals surface area contributed by atoms with Crippen LogP contribution in [-0.4, -0.2) is 69.2 Å². The van der Waals surface area contributed by atoms with Crippen LogP contribution < -0.4 is 5.43 Å². The number of hydrazone groups is 1. The summed E-state index contributed by atoms with van der Waals surface area (Å²) in [6.45, 7) is 3.63. The average molecular weight is 356 g/mol. The zero-order chi connectivity index (χ0) is 17.6. The maximum absolute atomic E-state index is 10.2. The second kappa shape index (κ2) is 8.00. The van der Waals surface area contributed by atoms with E-state index in [0.29, 0.717) is 22.1 Å². The van der Waals surface area contributed by atoms with Crippen LogP contribution in [0.4, 0.5) is 0 Å². The molecule has 130 valence electrons. The number of benzene rings is 1. The van der Waals surface area contributed by atoms with Gasteiger partial charge in [0.2, 0.25) is 0 Å². The monoisotopic (exact) mass is 356 g/mol. The Morgan fingerprint density at radius 2 is 1.92 bits per heavy atom. The maximum atomic E-state index is 10.2. The van der Waals surface area contributed by atoms with E-state index in [4.69, 9.17) is 12.2 Å². The van der Waals surface area contributed by atoms with Crippen LogP contribution in [0.15, 0.2) is 47.7 Å². The molecule has 2 N–H and O–H groups in total. The number of likely N-dealkylation sites (N-methyl/N-ethyl adjacent to an activating group) is 1. The van der Waals surface area contributed by atoms with Gasteiger partial charge in [-0.05, 0) is 43.5 Å². The molecule has 1 aliphatic heterocycles. The molecule has 0 radical (unpaired) electrons. The Bertz CT molecular complexity index is 759. The highest BCUT2D eigenvalue weighted by Crippen LogP contribution is 2.19. The minimum atomic E-state index is 0.124. The van der Waals surface area contributed by atoms with E-state index in [9.17, 15) is 5.11 Å². The second-order valence-corrected chi connectivity index (χ2v) is 6.18. The highest BCUT2D eigenvalue weighted by atomic mass is 32.1. The summed E-state index contributed by atoms with van der Waals surface area (Å²) in [6.07, 6.45) is 1.59. The van der Waals surface area contributed by atoms with Gasteiger partial charge in [0.1, 0.15) is 17.2 Å². The van der Waals surface area contributed by atoms with Crippen LogP contribution >= 0.6 is 12.2 Å². The van der Waals surface area contributed by atoms with Gasteiger partial charge in [0.05, 0.1) is 0 Å². The third kappa shape index (κ3) is 4.28. The van der Waals surface area contributed by atoms with E-state index in [1.807, 2.05) is 6.07 Å². The molecule has 1 saturated heterocycles. The van der Waals surface area contributed by atoms with Gasteiger partial charge >= 0.3 is 0 Å². The van der Waals surface area contributed by atoms with Gasteiger partial charge in [-0.25, -0.2) is 0 Å². The molecular weight excluding hydrogens is 336 g/mol. The van der Waals surface area contributed by atoms with Gasteiger partial charge in [-0.15, -0.1) is 5.10 Å². The Hall–Kier alpha value is -2.58. The molecule has 3 rings (SSSR count). The Balaban J connectivity index is 1.83. The molecule has 0 aliphatic carbocycles. The molecule has 1 fully saturated rings. The molecule has 7 nitrogen and oxygen atoms in total. The largest absolute Gasteiger partial charge is 0.507 e. The van der Waals surface area contributed by atoms with Crippen molar-refractivity contribution in [3.05, 3.63) is 53.9 Å². The molecule has 0 unspecified atom stereocenters. The lowest BCUT2D eigenvalue weighted by Gasteiger charge is -2.33. The number of hydrogen-bond donors (Lipinski definition) is 2. The number of aromatic hydroxyl groups is 1. The molecule has 0 spiro atoms.